The number of aryl methyl sites for hydroxylation is 2. The number of fused-ring (bicyclic) bond motifs is 2. The SMILES string of the molecule is Cc1ccc(CN(C)C2CC3CCC(C2)N3)c(C)c1.Cl. The Morgan fingerprint density at radius 2 is 1.80 bits per heavy atom. The lowest BCUT2D eigenvalue weighted by atomic mass is 9.97. The summed E-state index contributed by atoms with van der Waals surface area (Å²) in [5, 5.41) is 3.73. The number of halogens is 1. The molecule has 0 spiro atoms. The molecule has 20 heavy (non-hydrogen) atoms. The summed E-state index contributed by atoms with van der Waals surface area (Å²) in [4.78, 5) is 2.57. The normalized spacial score (nSPS) is 28.5. The Morgan fingerprint density at radius 1 is 1.15 bits per heavy atom. The average molecular weight is 295 g/mol. The first-order valence-electron chi connectivity index (χ1n) is 7.64. The van der Waals surface area contributed by atoms with Gasteiger partial charge in [-0.25, -0.2) is 0 Å². The largest absolute Gasteiger partial charge is 0.311 e. The van der Waals surface area contributed by atoms with Gasteiger partial charge in [0.1, 0.15) is 0 Å². The smallest absolute Gasteiger partial charge is 0.0236 e. The van der Waals surface area contributed by atoms with Gasteiger partial charge in [0.15, 0.2) is 0 Å². The molecule has 0 amide bonds. The number of hydrogen-bond acceptors (Lipinski definition) is 2. The molecule has 2 nitrogen and oxygen atoms in total. The number of benzene rings is 1. The van der Waals surface area contributed by atoms with Crippen LogP contribution in [0.2, 0.25) is 0 Å². The number of nitrogens with zero attached hydrogens (tertiary/aromatic N) is 1. The molecule has 1 aromatic rings. The van der Waals surface area contributed by atoms with Crippen LogP contribution in [0.25, 0.3) is 0 Å². The van der Waals surface area contributed by atoms with Crippen molar-refractivity contribution in [3.05, 3.63) is 34.9 Å². The number of piperidine rings is 1. The maximum Gasteiger partial charge on any atom is 0.0236 e. The van der Waals surface area contributed by atoms with Crippen molar-refractivity contribution in [2.75, 3.05) is 7.05 Å². The van der Waals surface area contributed by atoms with Crippen LogP contribution in [0.5, 0.6) is 0 Å². The molecule has 0 radical (unpaired) electrons. The van der Waals surface area contributed by atoms with Gasteiger partial charge in [-0.1, -0.05) is 23.8 Å². The van der Waals surface area contributed by atoms with Crippen LogP contribution in [-0.2, 0) is 6.54 Å². The summed E-state index contributed by atoms with van der Waals surface area (Å²) in [5.41, 5.74) is 4.28. The molecule has 2 saturated heterocycles. The molecular formula is C17H27ClN2. The van der Waals surface area contributed by atoms with E-state index in [-0.39, 0.29) is 12.4 Å². The van der Waals surface area contributed by atoms with Crippen molar-refractivity contribution in [1.82, 2.24) is 10.2 Å². The fourth-order valence-electron chi connectivity index (χ4n) is 3.81. The fourth-order valence-corrected chi connectivity index (χ4v) is 3.81. The van der Waals surface area contributed by atoms with E-state index in [1.54, 1.807) is 0 Å². The van der Waals surface area contributed by atoms with Crippen molar-refractivity contribution in [1.29, 1.82) is 0 Å². The molecule has 0 aliphatic carbocycles. The number of hydrogen-bond donors (Lipinski definition) is 1. The first-order valence-corrected chi connectivity index (χ1v) is 7.64. The molecule has 2 fully saturated rings. The number of nitrogens with one attached hydrogen (secondary N) is 1. The molecule has 0 aromatic heterocycles. The second-order valence-electron chi connectivity index (χ2n) is 6.61. The summed E-state index contributed by atoms with van der Waals surface area (Å²) in [6, 6.07) is 9.17. The molecule has 112 valence electrons. The van der Waals surface area contributed by atoms with Crippen LogP contribution in [0.4, 0.5) is 0 Å². The van der Waals surface area contributed by atoms with E-state index in [9.17, 15) is 0 Å². The Labute approximate surface area is 129 Å². The van der Waals surface area contributed by atoms with E-state index >= 15 is 0 Å². The minimum Gasteiger partial charge on any atom is -0.311 e. The maximum atomic E-state index is 3.73. The summed E-state index contributed by atoms with van der Waals surface area (Å²) < 4.78 is 0. The van der Waals surface area contributed by atoms with Crippen molar-refractivity contribution < 1.29 is 0 Å². The predicted octanol–water partition coefficient (Wildman–Crippen LogP) is 3.44. The van der Waals surface area contributed by atoms with Gasteiger partial charge in [-0.3, -0.25) is 4.90 Å². The van der Waals surface area contributed by atoms with E-state index in [4.69, 9.17) is 0 Å². The topological polar surface area (TPSA) is 15.3 Å². The van der Waals surface area contributed by atoms with Gasteiger partial charge >= 0.3 is 0 Å². The zero-order valence-corrected chi connectivity index (χ0v) is 13.7. The van der Waals surface area contributed by atoms with Crippen LogP contribution in [-0.4, -0.2) is 30.1 Å². The Morgan fingerprint density at radius 3 is 2.40 bits per heavy atom. The molecule has 2 heterocycles. The third kappa shape index (κ3) is 3.36. The minimum absolute atomic E-state index is 0. The highest BCUT2D eigenvalue weighted by molar-refractivity contribution is 5.85. The van der Waals surface area contributed by atoms with Gasteiger partial charge < -0.3 is 5.32 Å². The Kier molecular flexibility index (Phi) is 5.11. The second kappa shape index (κ2) is 6.46. The highest BCUT2D eigenvalue weighted by Gasteiger charge is 2.34. The van der Waals surface area contributed by atoms with E-state index in [0.717, 1.165) is 24.7 Å². The molecule has 1 N–H and O–H groups in total. The lowest BCUT2D eigenvalue weighted by molar-refractivity contribution is 0.165. The Bertz CT molecular complexity index is 448. The molecule has 3 rings (SSSR count). The Hall–Kier alpha value is -0.570. The van der Waals surface area contributed by atoms with Gasteiger partial charge in [-0.15, -0.1) is 12.4 Å². The molecule has 3 heteroatoms. The van der Waals surface area contributed by atoms with Crippen LogP contribution in [0.1, 0.15) is 42.4 Å². The highest BCUT2D eigenvalue weighted by Crippen LogP contribution is 2.30. The maximum absolute atomic E-state index is 3.73. The first-order chi connectivity index (χ1) is 9.11. The summed E-state index contributed by atoms with van der Waals surface area (Å²) in [6.07, 6.45) is 5.44. The minimum atomic E-state index is 0. The lowest BCUT2D eigenvalue weighted by Crippen LogP contribution is -2.46. The highest BCUT2D eigenvalue weighted by atomic mass is 35.5. The number of rotatable bonds is 3. The van der Waals surface area contributed by atoms with E-state index in [1.165, 1.54) is 42.4 Å². The van der Waals surface area contributed by atoms with Crippen LogP contribution < -0.4 is 5.32 Å². The standard InChI is InChI=1S/C17H26N2.ClH/c1-12-4-5-14(13(2)8-12)11-19(3)17-9-15-6-7-16(10-17)18-15;/h4-5,8,15-18H,6-7,9-11H2,1-3H3;1H. The van der Waals surface area contributed by atoms with Crippen LogP contribution in [0, 0.1) is 13.8 Å². The van der Waals surface area contributed by atoms with Gasteiger partial charge in [0.05, 0.1) is 0 Å². The van der Waals surface area contributed by atoms with Gasteiger partial charge in [-0.2, -0.15) is 0 Å². The molecular weight excluding hydrogens is 268 g/mol. The van der Waals surface area contributed by atoms with Gasteiger partial charge in [0.25, 0.3) is 0 Å². The fraction of sp³-hybridized carbons (Fsp3) is 0.647. The van der Waals surface area contributed by atoms with Crippen molar-refractivity contribution in [2.24, 2.45) is 0 Å². The summed E-state index contributed by atoms with van der Waals surface area (Å²) >= 11 is 0. The third-order valence-corrected chi connectivity index (χ3v) is 4.99. The third-order valence-electron chi connectivity index (χ3n) is 4.99. The summed E-state index contributed by atoms with van der Waals surface area (Å²) in [6.45, 7) is 5.50. The molecule has 1 aromatic carbocycles. The van der Waals surface area contributed by atoms with Gasteiger partial charge in [0.2, 0.25) is 0 Å². The zero-order chi connectivity index (χ0) is 13.4. The molecule has 2 bridgehead atoms. The Balaban J connectivity index is 0.00000147. The quantitative estimate of drug-likeness (QED) is 0.919. The first kappa shape index (κ1) is 15.8. The van der Waals surface area contributed by atoms with Crippen molar-refractivity contribution in [2.45, 2.75) is 64.2 Å². The van der Waals surface area contributed by atoms with E-state index in [0.29, 0.717) is 0 Å². The molecule has 2 aliphatic heterocycles. The van der Waals surface area contributed by atoms with Gasteiger partial charge in [-0.05, 0) is 57.7 Å². The summed E-state index contributed by atoms with van der Waals surface area (Å²) in [5.74, 6) is 0. The van der Waals surface area contributed by atoms with Crippen LogP contribution >= 0.6 is 12.4 Å². The molecule has 0 saturated carbocycles. The van der Waals surface area contributed by atoms with Crippen molar-refractivity contribution in [3.8, 4) is 0 Å². The van der Waals surface area contributed by atoms with Gasteiger partial charge in [0, 0.05) is 24.7 Å². The van der Waals surface area contributed by atoms with Crippen molar-refractivity contribution in [3.63, 3.8) is 0 Å². The molecule has 2 atom stereocenters. The molecule has 2 unspecified atom stereocenters. The van der Waals surface area contributed by atoms with Crippen LogP contribution in [0.3, 0.4) is 0 Å². The lowest BCUT2D eigenvalue weighted by Gasteiger charge is -2.35. The second-order valence-corrected chi connectivity index (χ2v) is 6.61. The monoisotopic (exact) mass is 294 g/mol. The van der Waals surface area contributed by atoms with E-state index < -0.39 is 0 Å². The average Bonchev–Trinajstić information content (AvgIpc) is 2.71. The van der Waals surface area contributed by atoms with Crippen molar-refractivity contribution >= 4 is 12.4 Å². The summed E-state index contributed by atoms with van der Waals surface area (Å²) in [7, 11) is 2.30. The van der Waals surface area contributed by atoms with E-state index in [2.05, 4.69) is 49.3 Å². The van der Waals surface area contributed by atoms with Crippen LogP contribution in [0.15, 0.2) is 18.2 Å². The zero-order valence-electron chi connectivity index (χ0n) is 12.9. The molecule has 2 aliphatic rings. The predicted molar refractivity (Wildman–Crippen MR) is 87.6 cm³/mol. The van der Waals surface area contributed by atoms with E-state index in [1.807, 2.05) is 0 Å².